The number of pyridine rings is 2. The van der Waals surface area contributed by atoms with Crippen LogP contribution in [0.3, 0.4) is 0 Å². The average molecular weight is 572 g/mol. The third-order valence-corrected chi connectivity index (χ3v) is 7.63. The van der Waals surface area contributed by atoms with Gasteiger partial charge in [-0.15, -0.1) is 0 Å². The summed E-state index contributed by atoms with van der Waals surface area (Å²) in [5.41, 5.74) is 2.44. The first-order valence-corrected chi connectivity index (χ1v) is 12.9. The maximum Gasteiger partial charge on any atom is 0.281 e. The van der Waals surface area contributed by atoms with E-state index in [9.17, 15) is 18.5 Å². The Morgan fingerprint density at radius 3 is 2.67 bits per heavy atom. The third-order valence-electron chi connectivity index (χ3n) is 5.48. The highest BCUT2D eigenvalue weighted by Crippen LogP contribution is 2.32. The topological polar surface area (TPSA) is 126 Å². The van der Waals surface area contributed by atoms with Crippen LogP contribution < -0.4 is 4.90 Å². The molecule has 0 saturated carbocycles. The minimum atomic E-state index is -4.27. The van der Waals surface area contributed by atoms with Gasteiger partial charge in [0, 0.05) is 48.7 Å². The molecule has 0 aliphatic rings. The monoisotopic (exact) mass is 571 g/mol. The Morgan fingerprint density at radius 1 is 1.19 bits per heavy atom. The zero-order chi connectivity index (χ0) is 26.0. The van der Waals surface area contributed by atoms with Crippen molar-refractivity contribution in [3.8, 4) is 0 Å². The van der Waals surface area contributed by atoms with Crippen LogP contribution >= 0.6 is 15.9 Å². The number of aromatic nitrogens is 3. The summed E-state index contributed by atoms with van der Waals surface area (Å²) in [6.45, 7) is 1.97. The predicted molar refractivity (Wildman–Crippen MR) is 139 cm³/mol. The summed E-state index contributed by atoms with van der Waals surface area (Å²) in [5.74, 6) is 0. The molecular weight excluding hydrogens is 550 g/mol. The lowest BCUT2D eigenvalue weighted by Gasteiger charge is -2.24. The molecule has 1 aromatic carbocycles. The maximum absolute atomic E-state index is 13.6. The first-order valence-electron chi connectivity index (χ1n) is 10.6. The number of fused-ring (bicyclic) bond motifs is 1. The first-order chi connectivity index (χ1) is 17.1. The predicted octanol–water partition coefficient (Wildman–Crippen LogP) is 4.08. The van der Waals surface area contributed by atoms with Crippen LogP contribution in [0.4, 0.5) is 11.4 Å². The highest BCUT2D eigenvalue weighted by atomic mass is 79.9. The maximum atomic E-state index is 13.6. The van der Waals surface area contributed by atoms with E-state index in [1.54, 1.807) is 48.0 Å². The molecule has 0 radical (unpaired) electrons. The number of non-ortho nitro benzene ring substituents is 1. The number of hydrogen-bond donors (Lipinski definition) is 0. The van der Waals surface area contributed by atoms with E-state index in [0.717, 1.165) is 20.5 Å². The highest BCUT2D eigenvalue weighted by molar-refractivity contribution is 9.10. The van der Waals surface area contributed by atoms with Gasteiger partial charge in [-0.25, -0.2) is 4.52 Å². The molecule has 0 spiro atoms. The normalized spacial score (nSPS) is 12.1. The Bertz CT molecular complexity index is 1570. The molecule has 0 atom stereocenters. The molecule has 0 fully saturated rings. The molecule has 0 aliphatic heterocycles. The minimum Gasteiger partial charge on any atom is -0.368 e. The van der Waals surface area contributed by atoms with Gasteiger partial charge < -0.3 is 4.90 Å². The molecule has 0 amide bonds. The van der Waals surface area contributed by atoms with Crippen LogP contribution in [0.1, 0.15) is 18.2 Å². The van der Waals surface area contributed by atoms with Gasteiger partial charge in [0.2, 0.25) is 0 Å². The van der Waals surface area contributed by atoms with Gasteiger partial charge in [-0.3, -0.25) is 15.1 Å². The van der Waals surface area contributed by atoms with Crippen molar-refractivity contribution in [1.29, 1.82) is 0 Å². The van der Waals surface area contributed by atoms with Crippen molar-refractivity contribution in [2.45, 2.75) is 18.4 Å². The zero-order valence-corrected chi connectivity index (χ0v) is 22.0. The van der Waals surface area contributed by atoms with E-state index in [-0.39, 0.29) is 16.3 Å². The smallest absolute Gasteiger partial charge is 0.281 e. The molecule has 36 heavy (non-hydrogen) atoms. The summed E-state index contributed by atoms with van der Waals surface area (Å²) in [7, 11) is -1.28. The van der Waals surface area contributed by atoms with E-state index in [1.165, 1.54) is 19.2 Å². The first kappa shape index (κ1) is 25.3. The van der Waals surface area contributed by atoms with Crippen LogP contribution in [-0.4, -0.2) is 52.2 Å². The fourth-order valence-electron chi connectivity index (χ4n) is 3.65. The largest absolute Gasteiger partial charge is 0.368 e. The summed E-state index contributed by atoms with van der Waals surface area (Å²) in [5, 5.41) is 20.0. The lowest BCUT2D eigenvalue weighted by Crippen LogP contribution is -2.27. The summed E-state index contributed by atoms with van der Waals surface area (Å²) in [6.07, 6.45) is 5.00. The molecule has 13 heteroatoms. The van der Waals surface area contributed by atoms with Crippen LogP contribution in [0.2, 0.25) is 0 Å². The SMILES string of the molecule is C/C(=N\N(C)S(=O)(=O)c1cc([N+](=O)[O-])ccc1N(C)Cc1ccccn1)c1cnn2ccc(Br)cc12. The van der Waals surface area contributed by atoms with Crippen molar-refractivity contribution in [2.75, 3.05) is 19.0 Å². The van der Waals surface area contributed by atoms with Crippen molar-refractivity contribution in [3.63, 3.8) is 0 Å². The molecule has 0 N–H and O–H groups in total. The molecule has 0 saturated heterocycles. The molecule has 3 heterocycles. The molecule has 11 nitrogen and oxygen atoms in total. The average Bonchev–Trinajstić information content (AvgIpc) is 3.27. The molecule has 186 valence electrons. The molecule has 0 aliphatic carbocycles. The fraction of sp³-hybridized carbons (Fsp3) is 0.174. The molecule has 3 aromatic heterocycles. The number of halogens is 1. The van der Waals surface area contributed by atoms with Crippen molar-refractivity contribution in [2.24, 2.45) is 5.10 Å². The molecule has 0 unspecified atom stereocenters. The van der Waals surface area contributed by atoms with Crippen molar-refractivity contribution in [1.82, 2.24) is 19.0 Å². The summed E-state index contributed by atoms with van der Waals surface area (Å²) < 4.78 is 30.6. The van der Waals surface area contributed by atoms with E-state index < -0.39 is 14.9 Å². The molecule has 0 bridgehead atoms. The Kier molecular flexibility index (Phi) is 7.04. The Balaban J connectivity index is 1.74. The number of sulfonamides is 1. The summed E-state index contributed by atoms with van der Waals surface area (Å²) >= 11 is 3.43. The van der Waals surface area contributed by atoms with Gasteiger partial charge in [-0.1, -0.05) is 22.0 Å². The second-order valence-electron chi connectivity index (χ2n) is 7.94. The number of hydrogen-bond acceptors (Lipinski definition) is 8. The third kappa shape index (κ3) is 5.06. The van der Waals surface area contributed by atoms with Gasteiger partial charge >= 0.3 is 0 Å². The van der Waals surface area contributed by atoms with Gasteiger partial charge in [0.05, 0.1) is 40.3 Å². The van der Waals surface area contributed by atoms with Gasteiger partial charge in [0.25, 0.3) is 15.7 Å². The number of nitro groups is 1. The van der Waals surface area contributed by atoms with E-state index in [1.807, 2.05) is 24.3 Å². The Morgan fingerprint density at radius 2 is 1.97 bits per heavy atom. The standard InChI is InChI=1S/C23H22BrN7O4S/c1-16(20-14-26-30-11-9-17(24)12-22(20)30)27-29(3)36(34,35)23-13-19(31(32)33)7-8-21(23)28(2)15-18-6-4-5-10-25-18/h4-14H,15H2,1-3H3/b27-16+. The van der Waals surface area contributed by atoms with Crippen molar-refractivity contribution < 1.29 is 13.3 Å². The lowest BCUT2D eigenvalue weighted by molar-refractivity contribution is -0.385. The van der Waals surface area contributed by atoms with Crippen LogP contribution in [0, 0.1) is 10.1 Å². The number of rotatable bonds is 8. The second kappa shape index (κ2) is 10.0. The lowest BCUT2D eigenvalue weighted by atomic mass is 10.2. The number of hydrazone groups is 1. The van der Waals surface area contributed by atoms with E-state index in [4.69, 9.17) is 0 Å². The Hall–Kier alpha value is -3.84. The number of anilines is 1. The van der Waals surface area contributed by atoms with Crippen LogP contribution in [0.15, 0.2) is 81.6 Å². The zero-order valence-electron chi connectivity index (χ0n) is 19.6. The number of nitro benzene ring substituents is 1. The number of nitrogens with zero attached hydrogens (tertiary/aromatic N) is 7. The van der Waals surface area contributed by atoms with Gasteiger partial charge in [0.1, 0.15) is 4.90 Å². The van der Waals surface area contributed by atoms with Gasteiger partial charge in [-0.2, -0.15) is 23.0 Å². The van der Waals surface area contributed by atoms with Crippen molar-refractivity contribution >= 4 is 48.6 Å². The van der Waals surface area contributed by atoms with Crippen LogP contribution in [0.25, 0.3) is 5.52 Å². The van der Waals surface area contributed by atoms with E-state index in [0.29, 0.717) is 23.5 Å². The fourth-order valence-corrected chi connectivity index (χ4v) is 5.26. The summed E-state index contributed by atoms with van der Waals surface area (Å²) in [6, 6.07) is 12.8. The highest BCUT2D eigenvalue weighted by Gasteiger charge is 2.28. The minimum absolute atomic E-state index is 0.239. The van der Waals surface area contributed by atoms with Gasteiger partial charge in [0.15, 0.2) is 0 Å². The van der Waals surface area contributed by atoms with E-state index in [2.05, 4.69) is 31.1 Å². The molecular formula is C23H22BrN7O4S. The van der Waals surface area contributed by atoms with Crippen LogP contribution in [-0.2, 0) is 16.6 Å². The summed E-state index contributed by atoms with van der Waals surface area (Å²) in [4.78, 5) is 16.5. The van der Waals surface area contributed by atoms with E-state index >= 15 is 0 Å². The van der Waals surface area contributed by atoms with Crippen LogP contribution in [0.5, 0.6) is 0 Å². The quantitative estimate of drug-likeness (QED) is 0.177. The molecule has 4 aromatic rings. The number of benzene rings is 1. The Labute approximate surface area is 216 Å². The van der Waals surface area contributed by atoms with Crippen molar-refractivity contribution in [3.05, 3.63) is 93.0 Å². The molecule has 4 rings (SSSR count). The second-order valence-corrected chi connectivity index (χ2v) is 10.8. The van der Waals surface area contributed by atoms with Gasteiger partial charge in [-0.05, 0) is 37.3 Å².